The molecule has 1 fully saturated rings. The first-order valence-corrected chi connectivity index (χ1v) is 5.75. The number of rotatable bonds is 2. The van der Waals surface area contributed by atoms with Crippen molar-refractivity contribution < 1.29 is 4.84 Å². The molecule has 1 unspecified atom stereocenters. The molecule has 1 heterocycles. The maximum absolute atomic E-state index is 5.51. The van der Waals surface area contributed by atoms with Gasteiger partial charge < -0.3 is 0 Å². The summed E-state index contributed by atoms with van der Waals surface area (Å²) in [5, 5.41) is 0. The van der Waals surface area contributed by atoms with Crippen LogP contribution in [0.4, 0.5) is 0 Å². The van der Waals surface area contributed by atoms with Crippen LogP contribution in [-0.2, 0) is 4.84 Å². The Morgan fingerprint density at radius 3 is 2.67 bits per heavy atom. The fourth-order valence-electron chi connectivity index (χ4n) is 1.09. The van der Waals surface area contributed by atoms with Crippen LogP contribution in [0.5, 0.6) is 0 Å². The van der Waals surface area contributed by atoms with Gasteiger partial charge in [0.05, 0.1) is 5.60 Å². The Bertz CT molecular complexity index is 127. The van der Waals surface area contributed by atoms with E-state index in [2.05, 4.69) is 26.3 Å². The fourth-order valence-corrected chi connectivity index (χ4v) is 2.15. The van der Waals surface area contributed by atoms with E-state index in [-0.39, 0.29) is 5.60 Å². The van der Waals surface area contributed by atoms with Crippen molar-refractivity contribution in [1.29, 1.82) is 0 Å². The Kier molecular flexibility index (Phi) is 3.87. The normalized spacial score (nSPS) is 25.8. The maximum atomic E-state index is 5.51. The summed E-state index contributed by atoms with van der Waals surface area (Å²) in [6.07, 6.45) is 2.57. The number of hydrogen-bond donors (Lipinski definition) is 1. The summed E-state index contributed by atoms with van der Waals surface area (Å²) in [7, 11) is 0. The number of thioether (sulfide) groups is 1. The first kappa shape index (κ1) is 10.4. The van der Waals surface area contributed by atoms with Gasteiger partial charge in [-0.3, -0.25) is 4.84 Å². The van der Waals surface area contributed by atoms with Gasteiger partial charge in [0, 0.05) is 11.8 Å². The predicted octanol–water partition coefficient (Wildman–Crippen LogP) is 2.20. The molecule has 1 N–H and O–H groups in total. The highest BCUT2D eigenvalue weighted by Gasteiger charge is 2.17. The summed E-state index contributed by atoms with van der Waals surface area (Å²) in [6.45, 7) is 6.20. The third-order valence-corrected chi connectivity index (χ3v) is 2.91. The van der Waals surface area contributed by atoms with E-state index in [1.54, 1.807) is 0 Å². The lowest BCUT2D eigenvalue weighted by atomic mass is 10.2. The smallest absolute Gasteiger partial charge is 0.0813 e. The van der Waals surface area contributed by atoms with E-state index in [1.807, 2.05) is 11.8 Å². The molecule has 0 bridgehead atoms. The van der Waals surface area contributed by atoms with Crippen molar-refractivity contribution in [3.8, 4) is 0 Å². The van der Waals surface area contributed by atoms with Crippen LogP contribution in [-0.4, -0.2) is 23.1 Å². The molecule has 1 rings (SSSR count). The van der Waals surface area contributed by atoms with Crippen molar-refractivity contribution in [2.24, 2.45) is 0 Å². The quantitative estimate of drug-likeness (QED) is 0.673. The van der Waals surface area contributed by atoms with Crippen molar-refractivity contribution in [1.82, 2.24) is 5.48 Å². The van der Waals surface area contributed by atoms with Crippen LogP contribution < -0.4 is 5.48 Å². The van der Waals surface area contributed by atoms with Crippen molar-refractivity contribution in [3.05, 3.63) is 0 Å². The Labute approximate surface area is 79.4 Å². The second-order valence-electron chi connectivity index (χ2n) is 4.25. The summed E-state index contributed by atoms with van der Waals surface area (Å²) in [4.78, 5) is 5.51. The Hall–Kier alpha value is 0.270. The highest BCUT2D eigenvalue weighted by atomic mass is 32.2. The molecule has 0 aliphatic carbocycles. The van der Waals surface area contributed by atoms with E-state index >= 15 is 0 Å². The van der Waals surface area contributed by atoms with E-state index in [4.69, 9.17) is 4.84 Å². The molecule has 0 aromatic heterocycles. The second-order valence-corrected chi connectivity index (χ2v) is 5.40. The minimum Gasteiger partial charge on any atom is -0.296 e. The molecule has 0 aromatic rings. The summed E-state index contributed by atoms with van der Waals surface area (Å²) < 4.78 is 0. The van der Waals surface area contributed by atoms with Crippen LogP contribution in [0.2, 0.25) is 0 Å². The molecule has 0 amide bonds. The largest absolute Gasteiger partial charge is 0.296 e. The van der Waals surface area contributed by atoms with E-state index in [1.165, 1.54) is 24.3 Å². The lowest BCUT2D eigenvalue weighted by molar-refractivity contribution is -0.0864. The van der Waals surface area contributed by atoms with Gasteiger partial charge in [-0.15, -0.1) is 0 Å². The predicted molar refractivity (Wildman–Crippen MR) is 54.3 cm³/mol. The van der Waals surface area contributed by atoms with Crippen molar-refractivity contribution >= 4 is 11.8 Å². The van der Waals surface area contributed by atoms with Crippen LogP contribution in [0.3, 0.4) is 0 Å². The van der Waals surface area contributed by atoms with E-state index in [0.717, 1.165) is 0 Å². The van der Waals surface area contributed by atoms with E-state index in [0.29, 0.717) is 6.04 Å². The molecule has 0 saturated carbocycles. The Morgan fingerprint density at radius 2 is 2.17 bits per heavy atom. The highest BCUT2D eigenvalue weighted by Crippen LogP contribution is 2.17. The monoisotopic (exact) mass is 189 g/mol. The summed E-state index contributed by atoms with van der Waals surface area (Å²) in [5.41, 5.74) is 3.07. The van der Waals surface area contributed by atoms with Crippen molar-refractivity contribution in [2.75, 3.05) is 11.5 Å². The Balaban J connectivity index is 2.13. The van der Waals surface area contributed by atoms with Gasteiger partial charge in [-0.2, -0.15) is 17.2 Å². The van der Waals surface area contributed by atoms with E-state index < -0.39 is 0 Å². The molecule has 0 aromatic carbocycles. The van der Waals surface area contributed by atoms with Crippen LogP contribution in [0.1, 0.15) is 33.6 Å². The van der Waals surface area contributed by atoms with Crippen LogP contribution in [0.25, 0.3) is 0 Å². The molecule has 2 nitrogen and oxygen atoms in total. The Morgan fingerprint density at radius 1 is 1.42 bits per heavy atom. The van der Waals surface area contributed by atoms with E-state index in [9.17, 15) is 0 Å². The first-order chi connectivity index (χ1) is 5.58. The van der Waals surface area contributed by atoms with Crippen LogP contribution >= 0.6 is 11.8 Å². The number of hydrogen-bond acceptors (Lipinski definition) is 3. The molecular weight excluding hydrogens is 170 g/mol. The molecule has 1 atom stereocenters. The van der Waals surface area contributed by atoms with Gasteiger partial charge in [-0.05, 0) is 39.4 Å². The number of hydroxylamine groups is 1. The minimum atomic E-state index is -0.0673. The molecular formula is C9H19NOS. The SMILES string of the molecule is CC(C)(C)ONC1CCCSC1. The highest BCUT2D eigenvalue weighted by molar-refractivity contribution is 7.99. The minimum absolute atomic E-state index is 0.0673. The molecule has 0 radical (unpaired) electrons. The second kappa shape index (κ2) is 4.49. The molecule has 1 saturated heterocycles. The summed E-state index contributed by atoms with van der Waals surface area (Å²) >= 11 is 2.01. The zero-order chi connectivity index (χ0) is 9.03. The van der Waals surface area contributed by atoms with Gasteiger partial charge in [-0.25, -0.2) is 0 Å². The van der Waals surface area contributed by atoms with Crippen molar-refractivity contribution in [2.45, 2.75) is 45.3 Å². The lowest BCUT2D eigenvalue weighted by Gasteiger charge is -2.27. The average molecular weight is 189 g/mol. The molecule has 3 heteroatoms. The van der Waals surface area contributed by atoms with Crippen molar-refractivity contribution in [3.63, 3.8) is 0 Å². The molecule has 12 heavy (non-hydrogen) atoms. The van der Waals surface area contributed by atoms with Gasteiger partial charge in [0.15, 0.2) is 0 Å². The standard InChI is InChI=1S/C9H19NOS/c1-9(2,3)11-10-8-5-4-6-12-7-8/h8,10H,4-7H2,1-3H3. The molecule has 1 aliphatic heterocycles. The van der Waals surface area contributed by atoms with Crippen LogP contribution in [0.15, 0.2) is 0 Å². The first-order valence-electron chi connectivity index (χ1n) is 4.59. The summed E-state index contributed by atoms with van der Waals surface area (Å²) in [5.74, 6) is 2.50. The van der Waals surface area contributed by atoms with Gasteiger partial charge in [0.2, 0.25) is 0 Å². The fraction of sp³-hybridized carbons (Fsp3) is 1.00. The average Bonchev–Trinajstić information content (AvgIpc) is 2.02. The molecule has 1 aliphatic rings. The van der Waals surface area contributed by atoms with Gasteiger partial charge in [0.25, 0.3) is 0 Å². The van der Waals surface area contributed by atoms with Gasteiger partial charge in [0.1, 0.15) is 0 Å². The maximum Gasteiger partial charge on any atom is 0.0813 e. The lowest BCUT2D eigenvalue weighted by Crippen LogP contribution is -2.39. The summed E-state index contributed by atoms with van der Waals surface area (Å²) in [6, 6.07) is 0.558. The van der Waals surface area contributed by atoms with Gasteiger partial charge in [-0.1, -0.05) is 0 Å². The number of nitrogens with one attached hydrogen (secondary N) is 1. The zero-order valence-electron chi connectivity index (χ0n) is 8.22. The molecule has 0 spiro atoms. The third kappa shape index (κ3) is 4.33. The molecule has 72 valence electrons. The van der Waals surface area contributed by atoms with Gasteiger partial charge >= 0.3 is 0 Å². The third-order valence-electron chi connectivity index (χ3n) is 1.69. The van der Waals surface area contributed by atoms with Crippen LogP contribution in [0, 0.1) is 0 Å². The zero-order valence-corrected chi connectivity index (χ0v) is 9.04. The topological polar surface area (TPSA) is 21.3 Å².